The van der Waals surface area contributed by atoms with Crippen LogP contribution in [0.2, 0.25) is 0 Å². The van der Waals surface area contributed by atoms with Crippen LogP contribution in [0.15, 0.2) is 78.4 Å². The topological polar surface area (TPSA) is 12.0 Å². The molecule has 2 heteroatoms. The molecule has 1 N–H and O–H groups in total. The van der Waals surface area contributed by atoms with Gasteiger partial charge in [0.2, 0.25) is 0 Å². The van der Waals surface area contributed by atoms with E-state index in [9.17, 15) is 0 Å². The number of rotatable bonds is 10. The van der Waals surface area contributed by atoms with Crippen LogP contribution >= 0.6 is 11.9 Å². The Balaban J connectivity index is 2.60. The zero-order valence-electron chi connectivity index (χ0n) is 16.1. The monoisotopic (exact) mass is 353 g/mol. The first-order valence-electron chi connectivity index (χ1n) is 8.61. The highest BCUT2D eigenvalue weighted by Crippen LogP contribution is 2.31. The largest absolute Gasteiger partial charge is 0.330 e. The second-order valence-electron chi connectivity index (χ2n) is 6.36. The maximum absolute atomic E-state index is 4.24. The molecule has 0 aliphatic heterocycles. The molecule has 1 rings (SSSR count). The van der Waals surface area contributed by atoms with Crippen LogP contribution in [0.3, 0.4) is 0 Å². The summed E-state index contributed by atoms with van der Waals surface area (Å²) in [7, 11) is 0. The lowest BCUT2D eigenvalue weighted by molar-refractivity contribution is 0.852. The number of hydrogen-bond acceptors (Lipinski definition) is 2. The van der Waals surface area contributed by atoms with Crippen LogP contribution in [0.4, 0.5) is 0 Å². The Bertz CT molecular complexity index is 694. The van der Waals surface area contributed by atoms with Gasteiger partial charge in [-0.1, -0.05) is 57.0 Å². The van der Waals surface area contributed by atoms with Crippen LogP contribution in [-0.2, 0) is 6.42 Å². The third-order valence-corrected chi connectivity index (χ3v) is 5.58. The summed E-state index contributed by atoms with van der Waals surface area (Å²) in [5.74, 6) is 0.192. The van der Waals surface area contributed by atoms with Crippen molar-refractivity contribution in [3.8, 4) is 0 Å². The fourth-order valence-electron chi connectivity index (χ4n) is 2.56. The second-order valence-corrected chi connectivity index (χ2v) is 7.30. The van der Waals surface area contributed by atoms with Crippen molar-refractivity contribution in [3.63, 3.8) is 0 Å². The molecule has 0 saturated carbocycles. The van der Waals surface area contributed by atoms with E-state index in [2.05, 4.69) is 76.1 Å². The van der Waals surface area contributed by atoms with Gasteiger partial charge in [-0.2, -0.15) is 0 Å². The smallest absolute Gasteiger partial charge is 0.0186 e. The van der Waals surface area contributed by atoms with E-state index in [1.54, 1.807) is 0 Å². The van der Waals surface area contributed by atoms with Crippen LogP contribution in [-0.4, -0.2) is 0 Å². The van der Waals surface area contributed by atoms with Gasteiger partial charge in [-0.05, 0) is 67.0 Å². The number of allylic oxidation sites excluding steroid dienone is 6. The van der Waals surface area contributed by atoms with Crippen molar-refractivity contribution in [2.75, 3.05) is 0 Å². The lowest BCUT2D eigenvalue weighted by atomic mass is 9.93. The maximum Gasteiger partial charge on any atom is 0.0186 e. The molecule has 1 nitrogen and oxygen atoms in total. The molecule has 1 aromatic carbocycles. The first kappa shape index (κ1) is 21.1. The van der Waals surface area contributed by atoms with E-state index in [1.807, 2.05) is 13.0 Å². The summed E-state index contributed by atoms with van der Waals surface area (Å²) in [5, 5.41) is 0. The summed E-state index contributed by atoms with van der Waals surface area (Å²) in [6, 6.07) is 6.40. The molecular weight excluding hydrogens is 322 g/mol. The SMILES string of the molecule is C=CC/C(=C/C)C(=C)C(C)C(=C)SNC(=C)Cc1cccc(C)c1C. The Labute approximate surface area is 158 Å². The molecule has 0 aromatic heterocycles. The van der Waals surface area contributed by atoms with E-state index >= 15 is 0 Å². The van der Waals surface area contributed by atoms with Crippen LogP contribution in [0.5, 0.6) is 0 Å². The maximum atomic E-state index is 4.24. The molecular formula is C23H31NS. The first-order chi connectivity index (χ1) is 11.8. The van der Waals surface area contributed by atoms with Crippen LogP contribution in [0, 0.1) is 19.8 Å². The third kappa shape index (κ3) is 6.13. The normalized spacial score (nSPS) is 12.4. The van der Waals surface area contributed by atoms with E-state index in [1.165, 1.54) is 34.2 Å². The second kappa shape index (κ2) is 10.1. The highest BCUT2D eigenvalue weighted by molar-refractivity contribution is 8.01. The summed E-state index contributed by atoms with van der Waals surface area (Å²) in [5.41, 5.74) is 7.25. The van der Waals surface area contributed by atoms with Crippen molar-refractivity contribution < 1.29 is 0 Å². The predicted octanol–water partition coefficient (Wildman–Crippen LogP) is 6.83. The predicted molar refractivity (Wildman–Crippen MR) is 116 cm³/mol. The Hall–Kier alpha value is -1.93. The van der Waals surface area contributed by atoms with E-state index < -0.39 is 0 Å². The molecule has 1 unspecified atom stereocenters. The summed E-state index contributed by atoms with van der Waals surface area (Å²) in [6.07, 6.45) is 5.67. The Morgan fingerprint density at radius 2 is 1.92 bits per heavy atom. The minimum absolute atomic E-state index is 0.192. The molecule has 0 aliphatic carbocycles. The van der Waals surface area contributed by atoms with Gasteiger partial charge in [-0.15, -0.1) is 6.58 Å². The lowest BCUT2D eigenvalue weighted by Gasteiger charge is -2.20. The van der Waals surface area contributed by atoms with Gasteiger partial charge in [0.15, 0.2) is 0 Å². The zero-order chi connectivity index (χ0) is 19.0. The summed E-state index contributed by atoms with van der Waals surface area (Å²) in [6.45, 7) is 24.9. The van der Waals surface area contributed by atoms with Crippen LogP contribution < -0.4 is 4.72 Å². The highest BCUT2D eigenvalue weighted by Gasteiger charge is 2.14. The van der Waals surface area contributed by atoms with Gasteiger partial charge in [0.25, 0.3) is 0 Å². The third-order valence-electron chi connectivity index (χ3n) is 4.58. The highest BCUT2D eigenvalue weighted by atomic mass is 32.2. The van der Waals surface area contributed by atoms with Gasteiger partial charge >= 0.3 is 0 Å². The first-order valence-corrected chi connectivity index (χ1v) is 9.43. The standard InChI is InChI=1S/C23H31NS/c1-9-12-22(10-2)20(7)19(6)21(8)25-24-17(4)15-23-14-11-13-16(3)18(23)5/h9-11,13-14,19,24H,1,4,7-8,12,15H2,2-3,5-6H3/b22-10-. The number of aryl methyl sites for hydroxylation is 1. The van der Waals surface area contributed by atoms with Gasteiger partial charge < -0.3 is 4.72 Å². The van der Waals surface area contributed by atoms with E-state index in [4.69, 9.17) is 0 Å². The van der Waals surface area contributed by atoms with Gasteiger partial charge in [0.05, 0.1) is 0 Å². The Kier molecular flexibility index (Phi) is 8.57. The molecule has 134 valence electrons. The minimum Gasteiger partial charge on any atom is -0.330 e. The quantitative estimate of drug-likeness (QED) is 0.281. The van der Waals surface area contributed by atoms with E-state index in [0.717, 1.165) is 29.0 Å². The van der Waals surface area contributed by atoms with Crippen LogP contribution in [0.1, 0.15) is 37.0 Å². The van der Waals surface area contributed by atoms with Gasteiger partial charge in [-0.3, -0.25) is 0 Å². The van der Waals surface area contributed by atoms with Crippen molar-refractivity contribution in [2.24, 2.45) is 5.92 Å². The van der Waals surface area contributed by atoms with Crippen molar-refractivity contribution in [3.05, 3.63) is 95.1 Å². The summed E-state index contributed by atoms with van der Waals surface area (Å²) < 4.78 is 3.34. The molecule has 0 spiro atoms. The Morgan fingerprint density at radius 3 is 2.52 bits per heavy atom. The van der Waals surface area contributed by atoms with E-state index in [-0.39, 0.29) is 5.92 Å². The molecule has 0 bridgehead atoms. The minimum atomic E-state index is 0.192. The van der Waals surface area contributed by atoms with E-state index in [0.29, 0.717) is 0 Å². The van der Waals surface area contributed by atoms with Crippen molar-refractivity contribution in [1.82, 2.24) is 4.72 Å². The van der Waals surface area contributed by atoms with Gasteiger partial charge in [0, 0.05) is 22.9 Å². The fraction of sp³-hybridized carbons (Fsp3) is 0.304. The van der Waals surface area contributed by atoms with Crippen molar-refractivity contribution in [1.29, 1.82) is 0 Å². The number of benzene rings is 1. The molecule has 0 amide bonds. The number of hydrogen-bond donors (Lipinski definition) is 1. The summed E-state index contributed by atoms with van der Waals surface area (Å²) >= 11 is 1.54. The van der Waals surface area contributed by atoms with Gasteiger partial charge in [-0.25, -0.2) is 0 Å². The number of nitrogens with one attached hydrogen (secondary N) is 1. The zero-order valence-corrected chi connectivity index (χ0v) is 16.9. The Morgan fingerprint density at radius 1 is 1.24 bits per heavy atom. The molecule has 0 fully saturated rings. The average molecular weight is 354 g/mol. The fourth-order valence-corrected chi connectivity index (χ4v) is 3.22. The molecule has 0 aliphatic rings. The molecule has 0 radical (unpaired) electrons. The molecule has 0 saturated heterocycles. The molecule has 1 atom stereocenters. The van der Waals surface area contributed by atoms with Crippen molar-refractivity contribution in [2.45, 2.75) is 40.5 Å². The summed E-state index contributed by atoms with van der Waals surface area (Å²) in [4.78, 5) is 1.04. The lowest BCUT2D eigenvalue weighted by Crippen LogP contribution is -2.10. The molecule has 1 aromatic rings. The molecule has 25 heavy (non-hydrogen) atoms. The van der Waals surface area contributed by atoms with Crippen LogP contribution in [0.25, 0.3) is 0 Å². The van der Waals surface area contributed by atoms with Gasteiger partial charge in [0.1, 0.15) is 0 Å². The average Bonchev–Trinajstić information content (AvgIpc) is 2.60. The molecule has 0 heterocycles. The van der Waals surface area contributed by atoms with Crippen molar-refractivity contribution >= 4 is 11.9 Å².